The Morgan fingerprint density at radius 3 is 2.68 bits per heavy atom. The van der Waals surface area contributed by atoms with Gasteiger partial charge < -0.3 is 15.1 Å². The number of carbonyl (C=O) groups is 1. The van der Waals surface area contributed by atoms with E-state index in [-0.39, 0.29) is 48.3 Å². The molecule has 2 N–H and O–H groups in total. The highest BCUT2D eigenvalue weighted by atomic mass is 19.1. The van der Waals surface area contributed by atoms with Crippen LogP contribution >= 0.6 is 0 Å². The van der Waals surface area contributed by atoms with E-state index in [9.17, 15) is 23.8 Å². The molecular weight excluding hydrogens is 408 g/mol. The van der Waals surface area contributed by atoms with Gasteiger partial charge in [0.2, 0.25) is 0 Å². The van der Waals surface area contributed by atoms with Gasteiger partial charge in [-0.15, -0.1) is 0 Å². The van der Waals surface area contributed by atoms with Crippen molar-refractivity contribution in [3.05, 3.63) is 59.4 Å². The third-order valence-corrected chi connectivity index (χ3v) is 5.22. The molecular formula is C21H21F2N5O3. The zero-order valence-corrected chi connectivity index (χ0v) is 16.7. The zero-order valence-electron chi connectivity index (χ0n) is 16.7. The minimum atomic E-state index is -1.02. The lowest BCUT2D eigenvalue weighted by Gasteiger charge is -2.34. The van der Waals surface area contributed by atoms with Crippen molar-refractivity contribution >= 4 is 11.6 Å². The van der Waals surface area contributed by atoms with Crippen LogP contribution in [0.15, 0.2) is 36.5 Å². The van der Waals surface area contributed by atoms with E-state index in [1.807, 2.05) is 0 Å². The summed E-state index contributed by atoms with van der Waals surface area (Å²) in [6, 6.07) is 7.67. The number of anilines is 1. The van der Waals surface area contributed by atoms with Crippen molar-refractivity contribution in [2.24, 2.45) is 0 Å². The van der Waals surface area contributed by atoms with Crippen molar-refractivity contribution in [3.8, 4) is 11.5 Å². The first-order chi connectivity index (χ1) is 14.8. The molecule has 2 aromatic heterocycles. The average Bonchev–Trinajstić information content (AvgIpc) is 3.16. The number of β-amino-alcohol motifs (C(OH)–C–C–N with tert-alkyl or cyclic N) is 1. The van der Waals surface area contributed by atoms with Crippen molar-refractivity contribution in [1.29, 1.82) is 0 Å². The molecule has 1 aromatic carbocycles. The van der Waals surface area contributed by atoms with E-state index in [1.165, 1.54) is 28.6 Å². The van der Waals surface area contributed by atoms with Gasteiger partial charge in [-0.25, -0.2) is 18.7 Å². The number of rotatable bonds is 5. The van der Waals surface area contributed by atoms with Crippen LogP contribution in [0.1, 0.15) is 29.4 Å². The van der Waals surface area contributed by atoms with Crippen LogP contribution in [0.2, 0.25) is 0 Å². The monoisotopic (exact) mass is 429 g/mol. The molecule has 3 aromatic rings. The fraction of sp³-hybridized carbons (Fsp3) is 0.333. The van der Waals surface area contributed by atoms with Crippen LogP contribution in [0.3, 0.4) is 0 Å². The Kier molecular flexibility index (Phi) is 5.75. The van der Waals surface area contributed by atoms with Gasteiger partial charge in [-0.2, -0.15) is 5.10 Å². The molecule has 1 aliphatic heterocycles. The molecule has 10 heteroatoms. The molecule has 8 nitrogen and oxygen atoms in total. The highest BCUT2D eigenvalue weighted by Crippen LogP contribution is 2.25. The van der Waals surface area contributed by atoms with E-state index in [0.717, 1.165) is 6.20 Å². The molecule has 4 rings (SSSR count). The van der Waals surface area contributed by atoms with Crippen LogP contribution in [0.5, 0.6) is 0 Å². The quantitative estimate of drug-likeness (QED) is 0.596. The van der Waals surface area contributed by atoms with E-state index < -0.39 is 23.8 Å². The summed E-state index contributed by atoms with van der Waals surface area (Å²) in [6.07, 6.45) is -0.618. The maximum atomic E-state index is 14.4. The van der Waals surface area contributed by atoms with Crippen LogP contribution in [0.25, 0.3) is 11.5 Å². The molecule has 1 saturated heterocycles. The van der Waals surface area contributed by atoms with Crippen molar-refractivity contribution < 1.29 is 23.8 Å². The predicted molar refractivity (Wildman–Crippen MR) is 108 cm³/mol. The number of Topliss-reactive ketones (excluding diaryl/α,β-unsaturated/α-hetero) is 1. The molecule has 0 unspecified atom stereocenters. The van der Waals surface area contributed by atoms with Gasteiger partial charge in [0.1, 0.15) is 17.2 Å². The van der Waals surface area contributed by atoms with Gasteiger partial charge in [-0.1, -0.05) is 18.2 Å². The normalized spacial score (nSPS) is 18.9. The van der Waals surface area contributed by atoms with Crippen molar-refractivity contribution in [2.75, 3.05) is 18.0 Å². The molecule has 0 spiro atoms. The Morgan fingerprint density at radius 2 is 1.97 bits per heavy atom. The van der Waals surface area contributed by atoms with Crippen molar-refractivity contribution in [1.82, 2.24) is 19.7 Å². The number of piperidine rings is 1. The molecule has 1 fully saturated rings. The number of halogens is 2. The summed E-state index contributed by atoms with van der Waals surface area (Å²) in [7, 11) is 0. The molecule has 1 aliphatic rings. The Labute approximate surface area is 176 Å². The molecule has 0 radical (unpaired) electrons. The second-order valence-corrected chi connectivity index (χ2v) is 7.45. The highest BCUT2D eigenvalue weighted by molar-refractivity contribution is 5.93. The Bertz CT molecular complexity index is 1120. The first kappa shape index (κ1) is 21.0. The van der Waals surface area contributed by atoms with Gasteiger partial charge in [0.25, 0.3) is 0 Å². The number of ketones is 1. The van der Waals surface area contributed by atoms with Crippen LogP contribution in [0, 0.1) is 11.6 Å². The largest absolute Gasteiger partial charge is 0.390 e. The summed E-state index contributed by atoms with van der Waals surface area (Å²) < 4.78 is 29.8. The van der Waals surface area contributed by atoms with Crippen LogP contribution in [0.4, 0.5) is 14.6 Å². The number of aliphatic hydroxyl groups excluding tert-OH is 2. The van der Waals surface area contributed by atoms with Crippen molar-refractivity contribution in [3.63, 3.8) is 0 Å². The number of hydrogen-bond donors (Lipinski definition) is 2. The molecule has 162 valence electrons. The van der Waals surface area contributed by atoms with E-state index in [1.54, 1.807) is 18.2 Å². The lowest BCUT2D eigenvalue weighted by atomic mass is 10.1. The number of aromatic nitrogens is 4. The Morgan fingerprint density at radius 1 is 1.19 bits per heavy atom. The number of nitrogens with zero attached hydrogens (tertiary/aromatic N) is 5. The highest BCUT2D eigenvalue weighted by Gasteiger charge is 2.29. The summed E-state index contributed by atoms with van der Waals surface area (Å²) >= 11 is 0. The molecule has 31 heavy (non-hydrogen) atoms. The molecule has 2 atom stereocenters. The summed E-state index contributed by atoms with van der Waals surface area (Å²) in [4.78, 5) is 21.9. The van der Waals surface area contributed by atoms with Gasteiger partial charge in [-0.05, 0) is 18.6 Å². The minimum Gasteiger partial charge on any atom is -0.390 e. The first-order valence-electron chi connectivity index (χ1n) is 9.79. The molecule has 0 saturated carbocycles. The lowest BCUT2D eigenvalue weighted by molar-refractivity contribution is 0.00772. The van der Waals surface area contributed by atoms with Gasteiger partial charge in [0, 0.05) is 25.6 Å². The van der Waals surface area contributed by atoms with E-state index in [4.69, 9.17) is 0 Å². The van der Waals surface area contributed by atoms with Crippen LogP contribution in [-0.4, -0.2) is 61.0 Å². The standard InChI is InChI=1S/C21H21F2N5O3/c1-12(29)17-8-16(26-28(17)10-13-4-2-3-5-14(13)22)20-24-9-15(23)21(25-20)27-7-6-18(30)19(31)11-27/h2-5,8-9,18-19,30-31H,6-7,10-11H2,1H3/t18-,19+/m0/s1. The van der Waals surface area contributed by atoms with E-state index in [0.29, 0.717) is 12.1 Å². The van der Waals surface area contributed by atoms with Gasteiger partial charge >= 0.3 is 0 Å². The second kappa shape index (κ2) is 8.48. The van der Waals surface area contributed by atoms with Crippen molar-refractivity contribution in [2.45, 2.75) is 32.1 Å². The molecule has 0 bridgehead atoms. The predicted octanol–water partition coefficient (Wildman–Crippen LogP) is 1.80. The molecule has 0 amide bonds. The van der Waals surface area contributed by atoms with Gasteiger partial charge in [0.05, 0.1) is 24.9 Å². The first-order valence-corrected chi connectivity index (χ1v) is 9.79. The topological polar surface area (TPSA) is 104 Å². The second-order valence-electron chi connectivity index (χ2n) is 7.45. The Hall–Kier alpha value is -3.24. The number of hydrogen-bond acceptors (Lipinski definition) is 7. The number of benzene rings is 1. The summed E-state index contributed by atoms with van der Waals surface area (Å²) in [6.45, 7) is 1.74. The van der Waals surface area contributed by atoms with E-state index >= 15 is 0 Å². The van der Waals surface area contributed by atoms with Gasteiger partial charge in [0.15, 0.2) is 23.2 Å². The summed E-state index contributed by atoms with van der Waals surface area (Å²) in [5, 5.41) is 24.0. The smallest absolute Gasteiger partial charge is 0.183 e. The molecule has 0 aliphatic carbocycles. The van der Waals surface area contributed by atoms with Gasteiger partial charge in [-0.3, -0.25) is 9.48 Å². The van der Waals surface area contributed by atoms with Crippen LogP contribution in [-0.2, 0) is 6.54 Å². The Balaban J connectivity index is 1.68. The number of carbonyl (C=O) groups excluding carboxylic acids is 1. The summed E-state index contributed by atoms with van der Waals surface area (Å²) in [5.41, 5.74) is 0.839. The fourth-order valence-electron chi connectivity index (χ4n) is 3.53. The summed E-state index contributed by atoms with van der Waals surface area (Å²) in [5.74, 6) is -1.30. The SMILES string of the molecule is CC(=O)c1cc(-c2ncc(F)c(N3CC[C@H](O)[C@H](O)C3)n2)nn1Cc1ccccc1F. The average molecular weight is 429 g/mol. The fourth-order valence-corrected chi connectivity index (χ4v) is 3.53. The molecule has 3 heterocycles. The lowest BCUT2D eigenvalue weighted by Crippen LogP contribution is -2.47. The maximum absolute atomic E-state index is 14.4. The minimum absolute atomic E-state index is 0.0228. The third kappa shape index (κ3) is 4.30. The maximum Gasteiger partial charge on any atom is 0.183 e. The number of aliphatic hydroxyl groups is 2. The van der Waals surface area contributed by atoms with Crippen LogP contribution < -0.4 is 4.90 Å². The third-order valence-electron chi connectivity index (χ3n) is 5.22. The van der Waals surface area contributed by atoms with E-state index in [2.05, 4.69) is 15.1 Å². The zero-order chi connectivity index (χ0) is 22.1.